The van der Waals surface area contributed by atoms with E-state index in [1.54, 1.807) is 0 Å². The molecule has 2 fully saturated rings. The van der Waals surface area contributed by atoms with Crippen molar-refractivity contribution in [2.24, 2.45) is 11.8 Å². The molecule has 3 rings (SSSR count). The zero-order valence-corrected chi connectivity index (χ0v) is 11.9. The Balaban J connectivity index is 1.50. The molecule has 106 valence electrons. The summed E-state index contributed by atoms with van der Waals surface area (Å²) in [4.78, 5) is 0. The van der Waals surface area contributed by atoms with Crippen molar-refractivity contribution in [1.82, 2.24) is 25.5 Å². The van der Waals surface area contributed by atoms with Crippen molar-refractivity contribution in [2.75, 3.05) is 0 Å². The maximum Gasteiger partial charge on any atom is 0.165 e. The van der Waals surface area contributed by atoms with Crippen LogP contribution >= 0.6 is 0 Å². The van der Waals surface area contributed by atoms with Gasteiger partial charge in [-0.25, -0.2) is 4.68 Å². The van der Waals surface area contributed by atoms with Gasteiger partial charge < -0.3 is 5.32 Å². The summed E-state index contributed by atoms with van der Waals surface area (Å²) < 4.78 is 2.02. The summed E-state index contributed by atoms with van der Waals surface area (Å²) >= 11 is 0. The average molecular weight is 263 g/mol. The van der Waals surface area contributed by atoms with Crippen molar-refractivity contribution in [3.05, 3.63) is 5.82 Å². The van der Waals surface area contributed by atoms with Crippen molar-refractivity contribution < 1.29 is 0 Å². The lowest BCUT2D eigenvalue weighted by Gasteiger charge is -2.27. The molecule has 0 atom stereocenters. The van der Waals surface area contributed by atoms with Gasteiger partial charge in [0.05, 0.1) is 6.54 Å². The van der Waals surface area contributed by atoms with Gasteiger partial charge in [0, 0.05) is 12.6 Å². The lowest BCUT2D eigenvalue weighted by Crippen LogP contribution is -2.23. The van der Waals surface area contributed by atoms with Crippen LogP contribution < -0.4 is 5.32 Å². The van der Waals surface area contributed by atoms with E-state index in [9.17, 15) is 0 Å². The van der Waals surface area contributed by atoms with Gasteiger partial charge in [0.15, 0.2) is 5.82 Å². The van der Waals surface area contributed by atoms with Gasteiger partial charge in [-0.3, -0.25) is 0 Å². The SMILES string of the molecule is CCC1CCC(Cn2nnnc2CNC2CC2)CC1. The summed E-state index contributed by atoms with van der Waals surface area (Å²) in [6.07, 6.45) is 9.42. The lowest BCUT2D eigenvalue weighted by molar-refractivity contribution is 0.238. The van der Waals surface area contributed by atoms with Crippen LogP contribution in [0.4, 0.5) is 0 Å². The molecule has 0 saturated heterocycles. The Hall–Kier alpha value is -0.970. The first-order valence-electron chi connectivity index (χ1n) is 7.83. The van der Waals surface area contributed by atoms with Gasteiger partial charge in [-0.1, -0.05) is 26.2 Å². The number of aromatic nitrogens is 4. The molecule has 5 nitrogen and oxygen atoms in total. The fraction of sp³-hybridized carbons (Fsp3) is 0.929. The van der Waals surface area contributed by atoms with Crippen LogP contribution in [0.3, 0.4) is 0 Å². The molecular weight excluding hydrogens is 238 g/mol. The predicted octanol–water partition coefficient (Wildman–Crippen LogP) is 2.14. The normalized spacial score (nSPS) is 27.6. The van der Waals surface area contributed by atoms with Crippen LogP contribution in [0, 0.1) is 11.8 Å². The fourth-order valence-electron chi connectivity index (χ4n) is 3.08. The highest BCUT2D eigenvalue weighted by Gasteiger charge is 2.23. The van der Waals surface area contributed by atoms with Crippen LogP contribution in [-0.2, 0) is 13.1 Å². The first-order chi connectivity index (χ1) is 9.35. The van der Waals surface area contributed by atoms with Gasteiger partial charge in [0.25, 0.3) is 0 Å². The van der Waals surface area contributed by atoms with Gasteiger partial charge in [-0.05, 0) is 47.9 Å². The van der Waals surface area contributed by atoms with Gasteiger partial charge in [0.1, 0.15) is 0 Å². The molecule has 2 aliphatic rings. The third kappa shape index (κ3) is 3.53. The second kappa shape index (κ2) is 5.99. The minimum atomic E-state index is 0.713. The highest BCUT2D eigenvalue weighted by molar-refractivity contribution is 4.87. The standard InChI is InChI=1S/C14H25N5/c1-2-11-3-5-12(6-4-11)10-19-14(16-17-18-19)9-15-13-7-8-13/h11-13,15H,2-10H2,1H3. The average Bonchev–Trinajstić information content (AvgIpc) is 3.18. The highest BCUT2D eigenvalue weighted by atomic mass is 15.5. The van der Waals surface area contributed by atoms with Crippen molar-refractivity contribution in [3.63, 3.8) is 0 Å². The summed E-state index contributed by atoms with van der Waals surface area (Å²) in [6.45, 7) is 4.14. The lowest BCUT2D eigenvalue weighted by atomic mass is 9.81. The number of tetrazole rings is 1. The largest absolute Gasteiger partial charge is 0.307 e. The fourth-order valence-corrected chi connectivity index (χ4v) is 3.08. The maximum absolute atomic E-state index is 4.16. The van der Waals surface area contributed by atoms with E-state index >= 15 is 0 Å². The molecule has 0 bridgehead atoms. The number of rotatable bonds is 6. The quantitative estimate of drug-likeness (QED) is 0.854. The van der Waals surface area contributed by atoms with E-state index in [0.29, 0.717) is 6.04 Å². The van der Waals surface area contributed by atoms with Gasteiger partial charge in [-0.15, -0.1) is 5.10 Å². The molecule has 2 aliphatic carbocycles. The Morgan fingerprint density at radius 2 is 1.84 bits per heavy atom. The van der Waals surface area contributed by atoms with Gasteiger partial charge in [-0.2, -0.15) is 0 Å². The molecule has 0 unspecified atom stereocenters. The minimum absolute atomic E-state index is 0.713. The smallest absolute Gasteiger partial charge is 0.165 e. The second-order valence-electron chi connectivity index (χ2n) is 6.23. The molecular formula is C14H25N5. The van der Waals surface area contributed by atoms with E-state index in [1.165, 1.54) is 44.9 Å². The Labute approximate surface area is 115 Å². The molecule has 1 aromatic heterocycles. The summed E-state index contributed by atoms with van der Waals surface area (Å²) in [7, 11) is 0. The molecule has 1 N–H and O–H groups in total. The highest BCUT2D eigenvalue weighted by Crippen LogP contribution is 2.31. The molecule has 0 spiro atoms. The molecule has 1 aromatic rings. The van der Waals surface area contributed by atoms with Crippen molar-refractivity contribution in [3.8, 4) is 0 Å². The molecule has 0 amide bonds. The van der Waals surface area contributed by atoms with Crippen molar-refractivity contribution in [1.29, 1.82) is 0 Å². The molecule has 0 aromatic carbocycles. The van der Waals surface area contributed by atoms with Crippen LogP contribution in [-0.4, -0.2) is 26.2 Å². The third-order valence-electron chi connectivity index (χ3n) is 4.71. The Morgan fingerprint density at radius 3 is 2.53 bits per heavy atom. The maximum atomic E-state index is 4.16. The van der Waals surface area contributed by atoms with Crippen molar-refractivity contribution >= 4 is 0 Å². The summed E-state index contributed by atoms with van der Waals surface area (Å²) in [5.74, 6) is 2.73. The van der Waals surface area contributed by atoms with Crippen LogP contribution in [0.25, 0.3) is 0 Å². The van der Waals surface area contributed by atoms with E-state index in [4.69, 9.17) is 0 Å². The Morgan fingerprint density at radius 1 is 1.11 bits per heavy atom. The number of hydrogen-bond donors (Lipinski definition) is 1. The molecule has 19 heavy (non-hydrogen) atoms. The Kier molecular flexibility index (Phi) is 4.11. The Bertz CT molecular complexity index is 390. The topological polar surface area (TPSA) is 55.6 Å². The predicted molar refractivity (Wildman–Crippen MR) is 73.4 cm³/mol. The molecule has 2 saturated carbocycles. The first-order valence-corrected chi connectivity index (χ1v) is 7.83. The second-order valence-corrected chi connectivity index (χ2v) is 6.23. The van der Waals surface area contributed by atoms with Crippen LogP contribution in [0.5, 0.6) is 0 Å². The summed E-state index contributed by atoms with van der Waals surface area (Å²) in [5.41, 5.74) is 0. The first kappa shape index (κ1) is 13.0. The van der Waals surface area contributed by atoms with Gasteiger partial charge >= 0.3 is 0 Å². The van der Waals surface area contributed by atoms with Crippen molar-refractivity contribution in [2.45, 2.75) is 71.0 Å². The zero-order valence-electron chi connectivity index (χ0n) is 11.9. The van der Waals surface area contributed by atoms with E-state index in [2.05, 4.69) is 27.8 Å². The van der Waals surface area contributed by atoms with Crippen LogP contribution in [0.15, 0.2) is 0 Å². The van der Waals surface area contributed by atoms with Crippen LogP contribution in [0.2, 0.25) is 0 Å². The third-order valence-corrected chi connectivity index (χ3v) is 4.71. The zero-order chi connectivity index (χ0) is 13.1. The van der Waals surface area contributed by atoms with E-state index in [-0.39, 0.29) is 0 Å². The monoisotopic (exact) mass is 263 g/mol. The van der Waals surface area contributed by atoms with Gasteiger partial charge in [0.2, 0.25) is 0 Å². The van der Waals surface area contributed by atoms with Crippen LogP contribution in [0.1, 0.15) is 57.7 Å². The summed E-state index contributed by atoms with van der Waals surface area (Å²) in [6, 6.07) is 0.713. The summed E-state index contributed by atoms with van der Waals surface area (Å²) in [5, 5.41) is 15.6. The number of hydrogen-bond acceptors (Lipinski definition) is 4. The molecule has 0 aliphatic heterocycles. The molecule has 5 heteroatoms. The van der Waals surface area contributed by atoms with E-state index in [0.717, 1.165) is 30.7 Å². The number of nitrogens with zero attached hydrogens (tertiary/aromatic N) is 4. The molecule has 0 radical (unpaired) electrons. The molecule has 1 heterocycles. The van der Waals surface area contributed by atoms with E-state index < -0.39 is 0 Å². The number of nitrogens with one attached hydrogen (secondary N) is 1. The minimum Gasteiger partial charge on any atom is -0.307 e. The van der Waals surface area contributed by atoms with E-state index in [1.807, 2.05) is 4.68 Å².